The second kappa shape index (κ2) is 6.96. The van der Waals surface area contributed by atoms with E-state index in [2.05, 4.69) is 25.9 Å². The molecule has 2 bridgehead atoms. The fourth-order valence-electron chi connectivity index (χ4n) is 5.09. The monoisotopic (exact) mass is 354 g/mol. The summed E-state index contributed by atoms with van der Waals surface area (Å²) >= 11 is 0. The van der Waals surface area contributed by atoms with Crippen molar-refractivity contribution in [3.05, 3.63) is 5.82 Å². The molecular weight excluding hydrogens is 328 g/mol. The number of H-pyrrole nitrogens is 1. The quantitative estimate of drug-likeness (QED) is 0.764. The van der Waals surface area contributed by atoms with Gasteiger partial charge in [0.15, 0.2) is 5.82 Å². The van der Waals surface area contributed by atoms with Crippen LogP contribution in [0.2, 0.25) is 0 Å². The van der Waals surface area contributed by atoms with Gasteiger partial charge in [0.1, 0.15) is 5.54 Å². The normalized spacial score (nSPS) is 34.4. The van der Waals surface area contributed by atoms with Gasteiger partial charge in [-0.05, 0) is 50.4 Å². The van der Waals surface area contributed by atoms with E-state index in [0.717, 1.165) is 38.5 Å². The summed E-state index contributed by atoms with van der Waals surface area (Å²) in [6, 6.07) is 0.297. The zero-order valence-corrected chi connectivity index (χ0v) is 14.7. The van der Waals surface area contributed by atoms with Crippen LogP contribution in [-0.2, 0) is 10.3 Å². The summed E-state index contributed by atoms with van der Waals surface area (Å²) in [4.78, 5) is 13.0. The molecule has 3 saturated carbocycles. The van der Waals surface area contributed by atoms with Gasteiger partial charge in [0.25, 0.3) is 0 Å². The van der Waals surface area contributed by atoms with Gasteiger partial charge in [-0.25, -0.2) is 0 Å². The molecule has 1 amide bonds. The van der Waals surface area contributed by atoms with Crippen molar-refractivity contribution in [1.29, 1.82) is 0 Å². The molecule has 0 radical (unpaired) electrons. The Labute approximate surface area is 148 Å². The first kappa shape index (κ1) is 17.6. The molecular formula is C16H27ClN6O. The average molecular weight is 355 g/mol. The first-order valence-electron chi connectivity index (χ1n) is 8.99. The van der Waals surface area contributed by atoms with Crippen molar-refractivity contribution in [3.8, 4) is 0 Å². The average Bonchev–Trinajstić information content (AvgIpc) is 3.18. The number of carbonyl (C=O) groups excluding carboxylic acids is 1. The lowest BCUT2D eigenvalue weighted by molar-refractivity contribution is -0.130. The van der Waals surface area contributed by atoms with E-state index in [1.165, 1.54) is 19.3 Å². The summed E-state index contributed by atoms with van der Waals surface area (Å²) in [6.07, 6.45) is 9.48. The lowest BCUT2D eigenvalue weighted by Gasteiger charge is -2.44. The minimum atomic E-state index is -0.418. The molecule has 7 nitrogen and oxygen atoms in total. The number of halogens is 1. The van der Waals surface area contributed by atoms with Crippen LogP contribution in [0.15, 0.2) is 0 Å². The van der Waals surface area contributed by atoms with Gasteiger partial charge in [0.2, 0.25) is 5.91 Å². The highest BCUT2D eigenvalue weighted by atomic mass is 35.5. The number of aromatic nitrogens is 4. The molecule has 2 unspecified atom stereocenters. The molecule has 0 saturated heterocycles. The Hall–Kier alpha value is -1.21. The highest BCUT2D eigenvalue weighted by Gasteiger charge is 2.45. The molecule has 2 atom stereocenters. The van der Waals surface area contributed by atoms with Crippen LogP contribution in [0.25, 0.3) is 0 Å². The van der Waals surface area contributed by atoms with Crippen LogP contribution in [0.4, 0.5) is 0 Å². The van der Waals surface area contributed by atoms with Crippen LogP contribution in [0.1, 0.15) is 63.6 Å². The van der Waals surface area contributed by atoms with Crippen molar-refractivity contribution in [2.24, 2.45) is 23.5 Å². The third-order valence-corrected chi connectivity index (χ3v) is 6.38. The van der Waals surface area contributed by atoms with Crippen molar-refractivity contribution in [2.75, 3.05) is 0 Å². The van der Waals surface area contributed by atoms with E-state index in [9.17, 15) is 4.79 Å². The number of tetrazole rings is 1. The third-order valence-electron chi connectivity index (χ3n) is 6.38. The van der Waals surface area contributed by atoms with Gasteiger partial charge >= 0.3 is 0 Å². The van der Waals surface area contributed by atoms with Crippen LogP contribution < -0.4 is 11.1 Å². The Morgan fingerprint density at radius 2 is 1.83 bits per heavy atom. The Morgan fingerprint density at radius 3 is 2.42 bits per heavy atom. The number of aromatic amines is 1. The minimum Gasteiger partial charge on any atom is -0.343 e. The summed E-state index contributed by atoms with van der Waals surface area (Å²) < 4.78 is 0. The van der Waals surface area contributed by atoms with Gasteiger partial charge in [0, 0.05) is 12.0 Å². The number of hydrogen-bond donors (Lipinski definition) is 3. The van der Waals surface area contributed by atoms with Crippen molar-refractivity contribution in [3.63, 3.8) is 0 Å². The van der Waals surface area contributed by atoms with E-state index in [1.807, 2.05) is 0 Å². The molecule has 4 rings (SSSR count). The van der Waals surface area contributed by atoms with E-state index < -0.39 is 5.54 Å². The number of rotatable bonds is 3. The molecule has 0 aliphatic heterocycles. The Kier molecular flexibility index (Phi) is 5.11. The number of nitrogens with two attached hydrogens (primary N) is 1. The summed E-state index contributed by atoms with van der Waals surface area (Å²) in [7, 11) is 0. The maximum atomic E-state index is 13.0. The molecule has 134 valence electrons. The fraction of sp³-hybridized carbons (Fsp3) is 0.875. The van der Waals surface area contributed by atoms with Crippen molar-refractivity contribution in [1.82, 2.24) is 25.9 Å². The van der Waals surface area contributed by atoms with E-state index >= 15 is 0 Å². The molecule has 1 aromatic heterocycles. The van der Waals surface area contributed by atoms with Crippen molar-refractivity contribution in [2.45, 2.75) is 69.4 Å². The largest absolute Gasteiger partial charge is 0.343 e. The second-order valence-electron chi connectivity index (χ2n) is 7.71. The molecule has 8 heteroatoms. The van der Waals surface area contributed by atoms with E-state index in [0.29, 0.717) is 23.7 Å². The predicted octanol–water partition coefficient (Wildman–Crippen LogP) is 1.66. The van der Waals surface area contributed by atoms with E-state index in [1.54, 1.807) is 0 Å². The number of hydrogen-bond acceptors (Lipinski definition) is 5. The first-order chi connectivity index (χ1) is 11.2. The third kappa shape index (κ3) is 3.04. The van der Waals surface area contributed by atoms with E-state index in [-0.39, 0.29) is 24.2 Å². The van der Waals surface area contributed by atoms with Gasteiger partial charge in [0.05, 0.1) is 0 Å². The summed E-state index contributed by atoms with van der Waals surface area (Å²) in [5, 5.41) is 17.8. The predicted molar refractivity (Wildman–Crippen MR) is 91.2 cm³/mol. The highest BCUT2D eigenvalue weighted by Crippen LogP contribution is 2.43. The highest BCUT2D eigenvalue weighted by molar-refractivity contribution is 5.85. The first-order valence-corrected chi connectivity index (χ1v) is 8.99. The lowest BCUT2D eigenvalue weighted by Crippen LogP contribution is -2.52. The molecule has 4 N–H and O–H groups in total. The SMILES string of the molecule is Cl.NC1C2CCCC1CC(C(=O)NC1(c3nn[nH]n3)CCCC1)C2. The van der Waals surface area contributed by atoms with Gasteiger partial charge in [-0.1, -0.05) is 24.5 Å². The second-order valence-corrected chi connectivity index (χ2v) is 7.71. The zero-order chi connectivity index (χ0) is 15.9. The number of amides is 1. The maximum absolute atomic E-state index is 13.0. The van der Waals surface area contributed by atoms with Gasteiger partial charge in [-0.15, -0.1) is 22.6 Å². The van der Waals surface area contributed by atoms with Crippen LogP contribution in [0.5, 0.6) is 0 Å². The Morgan fingerprint density at radius 1 is 1.17 bits per heavy atom. The van der Waals surface area contributed by atoms with Crippen LogP contribution in [0.3, 0.4) is 0 Å². The summed E-state index contributed by atoms with van der Waals surface area (Å²) in [5.74, 6) is 1.93. The number of nitrogens with zero attached hydrogens (tertiary/aromatic N) is 3. The Balaban J connectivity index is 0.00000169. The van der Waals surface area contributed by atoms with Crippen molar-refractivity contribution >= 4 is 18.3 Å². The zero-order valence-electron chi connectivity index (χ0n) is 13.9. The maximum Gasteiger partial charge on any atom is 0.223 e. The molecule has 0 spiro atoms. The number of nitrogens with one attached hydrogen (secondary N) is 2. The lowest BCUT2D eigenvalue weighted by atomic mass is 9.65. The molecule has 0 aromatic carbocycles. The molecule has 1 aromatic rings. The van der Waals surface area contributed by atoms with Crippen LogP contribution in [-0.4, -0.2) is 32.6 Å². The summed E-state index contributed by atoms with van der Waals surface area (Å²) in [5.41, 5.74) is 5.93. The van der Waals surface area contributed by atoms with Crippen LogP contribution in [0, 0.1) is 17.8 Å². The number of carbonyl (C=O) groups is 1. The molecule has 3 fully saturated rings. The van der Waals surface area contributed by atoms with Crippen molar-refractivity contribution < 1.29 is 4.79 Å². The van der Waals surface area contributed by atoms with Gasteiger partial charge < -0.3 is 11.1 Å². The standard InChI is InChI=1S/C16H26N6O.ClH/c17-13-10-4-3-5-11(13)9-12(8-10)14(23)18-16(6-1-2-7-16)15-19-21-22-20-15;/h10-13H,1-9,17H2,(H,18,23)(H,19,20,21,22);1H. The smallest absolute Gasteiger partial charge is 0.223 e. The van der Waals surface area contributed by atoms with Crippen LogP contribution >= 0.6 is 12.4 Å². The van der Waals surface area contributed by atoms with Gasteiger partial charge in [-0.2, -0.15) is 5.21 Å². The molecule has 24 heavy (non-hydrogen) atoms. The Bertz CT molecular complexity index is 545. The minimum absolute atomic E-state index is 0. The topological polar surface area (TPSA) is 110 Å². The fourth-order valence-corrected chi connectivity index (χ4v) is 5.09. The van der Waals surface area contributed by atoms with E-state index in [4.69, 9.17) is 5.73 Å². The van der Waals surface area contributed by atoms with Gasteiger partial charge in [-0.3, -0.25) is 4.79 Å². The molecule has 3 aliphatic rings. The molecule has 1 heterocycles. The molecule has 3 aliphatic carbocycles. The summed E-state index contributed by atoms with van der Waals surface area (Å²) in [6.45, 7) is 0. The number of fused-ring (bicyclic) bond motifs is 2.